The van der Waals surface area contributed by atoms with Gasteiger partial charge in [0.2, 0.25) is 0 Å². The second-order valence-corrected chi connectivity index (χ2v) is 3.14. The molecule has 1 fully saturated rings. The van der Waals surface area contributed by atoms with E-state index in [1.54, 1.807) is 13.8 Å². The standard InChI is InChI=1S/C9H10O4/c1-5(2)3-7(10)6-4-13-9(12)8(6)11/h3,6H,4H2,1-2H3. The van der Waals surface area contributed by atoms with Crippen molar-refractivity contribution in [2.45, 2.75) is 13.8 Å². The summed E-state index contributed by atoms with van der Waals surface area (Å²) in [5.41, 5.74) is 0.803. The summed E-state index contributed by atoms with van der Waals surface area (Å²) >= 11 is 0. The third-order valence-electron chi connectivity index (χ3n) is 1.67. The van der Waals surface area contributed by atoms with E-state index in [4.69, 9.17) is 0 Å². The molecule has 0 saturated carbocycles. The van der Waals surface area contributed by atoms with Crippen molar-refractivity contribution < 1.29 is 19.1 Å². The molecule has 4 heteroatoms. The number of ketones is 2. The zero-order valence-corrected chi connectivity index (χ0v) is 7.49. The van der Waals surface area contributed by atoms with Crippen LogP contribution in [-0.4, -0.2) is 24.1 Å². The molecule has 0 N–H and O–H groups in total. The Balaban J connectivity index is 2.75. The van der Waals surface area contributed by atoms with Gasteiger partial charge in [0, 0.05) is 0 Å². The molecule has 1 rings (SSSR count). The van der Waals surface area contributed by atoms with Crippen molar-refractivity contribution in [2.24, 2.45) is 5.92 Å². The Morgan fingerprint density at radius 3 is 2.46 bits per heavy atom. The van der Waals surface area contributed by atoms with Crippen LogP contribution in [0.5, 0.6) is 0 Å². The molecule has 4 nitrogen and oxygen atoms in total. The largest absolute Gasteiger partial charge is 0.459 e. The first-order valence-corrected chi connectivity index (χ1v) is 3.92. The molecule has 1 unspecified atom stereocenters. The molecule has 0 spiro atoms. The van der Waals surface area contributed by atoms with E-state index < -0.39 is 17.7 Å². The second-order valence-electron chi connectivity index (χ2n) is 3.14. The fourth-order valence-corrected chi connectivity index (χ4v) is 1.04. The summed E-state index contributed by atoms with van der Waals surface area (Å²) in [4.78, 5) is 32.9. The average Bonchev–Trinajstić information content (AvgIpc) is 2.31. The van der Waals surface area contributed by atoms with Crippen LogP contribution in [0.2, 0.25) is 0 Å². The van der Waals surface area contributed by atoms with Gasteiger partial charge in [-0.05, 0) is 19.9 Å². The number of allylic oxidation sites excluding steroid dienone is 2. The van der Waals surface area contributed by atoms with E-state index in [1.165, 1.54) is 6.08 Å². The average molecular weight is 182 g/mol. The SMILES string of the molecule is CC(C)=CC(=O)C1COC(=O)C1=O. The summed E-state index contributed by atoms with van der Waals surface area (Å²) in [6.45, 7) is 3.39. The molecule has 1 aliphatic rings. The fraction of sp³-hybridized carbons (Fsp3) is 0.444. The van der Waals surface area contributed by atoms with Crippen molar-refractivity contribution in [3.8, 4) is 0 Å². The third kappa shape index (κ3) is 2.02. The molecule has 0 radical (unpaired) electrons. The fourth-order valence-electron chi connectivity index (χ4n) is 1.04. The highest BCUT2D eigenvalue weighted by molar-refractivity contribution is 6.40. The highest BCUT2D eigenvalue weighted by Gasteiger charge is 2.38. The number of carbonyl (C=O) groups excluding carboxylic acids is 3. The number of hydrogen-bond donors (Lipinski definition) is 0. The molecule has 0 aromatic carbocycles. The van der Waals surface area contributed by atoms with Gasteiger partial charge in [-0.3, -0.25) is 9.59 Å². The monoisotopic (exact) mass is 182 g/mol. The van der Waals surface area contributed by atoms with E-state index in [2.05, 4.69) is 4.74 Å². The minimum atomic E-state index is -0.914. The number of ether oxygens (including phenoxy) is 1. The number of esters is 1. The van der Waals surface area contributed by atoms with E-state index in [-0.39, 0.29) is 12.4 Å². The Labute approximate surface area is 75.6 Å². The number of hydrogen-bond acceptors (Lipinski definition) is 4. The Morgan fingerprint density at radius 2 is 2.08 bits per heavy atom. The topological polar surface area (TPSA) is 60.4 Å². The first-order chi connectivity index (χ1) is 6.02. The lowest BCUT2D eigenvalue weighted by molar-refractivity contribution is -0.147. The number of Topliss-reactive ketones (excluding diaryl/α,β-unsaturated/α-hetero) is 1. The van der Waals surface area contributed by atoms with Crippen LogP contribution >= 0.6 is 0 Å². The third-order valence-corrected chi connectivity index (χ3v) is 1.67. The van der Waals surface area contributed by atoms with Crippen LogP contribution < -0.4 is 0 Å². The van der Waals surface area contributed by atoms with Crippen LogP contribution in [0.3, 0.4) is 0 Å². The predicted octanol–water partition coefficient (Wildman–Crippen LogP) is 0.264. The first kappa shape index (κ1) is 9.64. The van der Waals surface area contributed by atoms with E-state index >= 15 is 0 Å². The Kier molecular flexibility index (Phi) is 2.60. The van der Waals surface area contributed by atoms with Crippen molar-refractivity contribution in [1.29, 1.82) is 0 Å². The Morgan fingerprint density at radius 1 is 1.46 bits per heavy atom. The van der Waals surface area contributed by atoms with Crippen LogP contribution in [-0.2, 0) is 19.1 Å². The minimum absolute atomic E-state index is 0.111. The number of cyclic esters (lactones) is 1. The molecule has 0 amide bonds. The van der Waals surface area contributed by atoms with E-state index in [1.807, 2.05) is 0 Å². The zero-order valence-electron chi connectivity index (χ0n) is 7.49. The molecule has 1 atom stereocenters. The quantitative estimate of drug-likeness (QED) is 0.266. The summed E-state index contributed by atoms with van der Waals surface area (Å²) in [5, 5.41) is 0. The molecule has 1 saturated heterocycles. The van der Waals surface area contributed by atoms with Gasteiger partial charge in [0.25, 0.3) is 5.78 Å². The lowest BCUT2D eigenvalue weighted by atomic mass is 10.0. The Hall–Kier alpha value is -1.45. The van der Waals surface area contributed by atoms with E-state index in [0.29, 0.717) is 0 Å². The van der Waals surface area contributed by atoms with Crippen LogP contribution in [0.1, 0.15) is 13.8 Å². The first-order valence-electron chi connectivity index (χ1n) is 3.92. The highest BCUT2D eigenvalue weighted by Crippen LogP contribution is 2.12. The smallest absolute Gasteiger partial charge is 0.375 e. The van der Waals surface area contributed by atoms with Crippen molar-refractivity contribution in [3.63, 3.8) is 0 Å². The minimum Gasteiger partial charge on any atom is -0.459 e. The summed E-state index contributed by atoms with van der Waals surface area (Å²) < 4.78 is 4.44. The van der Waals surface area contributed by atoms with Gasteiger partial charge in [-0.25, -0.2) is 4.79 Å². The van der Waals surface area contributed by atoms with Crippen LogP contribution in [0.25, 0.3) is 0 Å². The summed E-state index contributed by atoms with van der Waals surface area (Å²) in [7, 11) is 0. The predicted molar refractivity (Wildman–Crippen MR) is 43.9 cm³/mol. The van der Waals surface area contributed by atoms with Crippen LogP contribution in [0.15, 0.2) is 11.6 Å². The highest BCUT2D eigenvalue weighted by atomic mass is 16.5. The normalized spacial score (nSPS) is 21.2. The summed E-state index contributed by atoms with van der Waals surface area (Å²) in [6.07, 6.45) is 1.35. The van der Waals surface area contributed by atoms with Gasteiger partial charge >= 0.3 is 5.97 Å². The maximum Gasteiger partial charge on any atom is 0.375 e. The van der Waals surface area contributed by atoms with Crippen molar-refractivity contribution in [2.75, 3.05) is 6.61 Å². The molecule has 0 bridgehead atoms. The lowest BCUT2D eigenvalue weighted by Gasteiger charge is -1.98. The van der Waals surface area contributed by atoms with Gasteiger partial charge in [0.1, 0.15) is 12.5 Å². The van der Waals surface area contributed by atoms with Gasteiger partial charge in [-0.15, -0.1) is 0 Å². The molecule has 1 aliphatic heterocycles. The molecule has 70 valence electrons. The Bertz CT molecular complexity index is 297. The van der Waals surface area contributed by atoms with Gasteiger partial charge < -0.3 is 4.74 Å². The van der Waals surface area contributed by atoms with Gasteiger partial charge in [-0.1, -0.05) is 5.57 Å². The van der Waals surface area contributed by atoms with Crippen LogP contribution in [0, 0.1) is 5.92 Å². The number of carbonyl (C=O) groups is 3. The summed E-state index contributed by atoms with van der Waals surface area (Å²) in [6, 6.07) is 0. The van der Waals surface area contributed by atoms with Crippen molar-refractivity contribution in [3.05, 3.63) is 11.6 Å². The molecular weight excluding hydrogens is 172 g/mol. The molecule has 0 aliphatic carbocycles. The van der Waals surface area contributed by atoms with E-state index in [9.17, 15) is 14.4 Å². The molecule has 0 aromatic heterocycles. The molecule has 13 heavy (non-hydrogen) atoms. The lowest BCUT2D eigenvalue weighted by Crippen LogP contribution is -2.22. The van der Waals surface area contributed by atoms with E-state index in [0.717, 1.165) is 5.57 Å². The summed E-state index contributed by atoms with van der Waals surface area (Å²) in [5.74, 6) is -2.90. The zero-order chi connectivity index (χ0) is 10.0. The van der Waals surface area contributed by atoms with Gasteiger partial charge in [0.15, 0.2) is 5.78 Å². The maximum absolute atomic E-state index is 11.3. The second kappa shape index (κ2) is 3.51. The van der Waals surface area contributed by atoms with Gasteiger partial charge in [0.05, 0.1) is 0 Å². The van der Waals surface area contributed by atoms with Crippen molar-refractivity contribution >= 4 is 17.5 Å². The van der Waals surface area contributed by atoms with Gasteiger partial charge in [-0.2, -0.15) is 0 Å². The van der Waals surface area contributed by atoms with Crippen molar-refractivity contribution in [1.82, 2.24) is 0 Å². The molecular formula is C9H10O4. The number of rotatable bonds is 2. The van der Waals surface area contributed by atoms with Crippen LogP contribution in [0.4, 0.5) is 0 Å². The maximum atomic E-state index is 11.3. The molecule has 0 aromatic rings. The molecule has 1 heterocycles.